The van der Waals surface area contributed by atoms with Crippen LogP contribution in [0.3, 0.4) is 0 Å². The molecule has 0 aliphatic rings. The lowest BCUT2D eigenvalue weighted by molar-refractivity contribution is -0.119. The van der Waals surface area contributed by atoms with Gasteiger partial charge in [-0.15, -0.1) is 0 Å². The van der Waals surface area contributed by atoms with Crippen molar-refractivity contribution in [1.29, 1.82) is 0 Å². The number of nitrogens with zero attached hydrogens (tertiary/aromatic N) is 1. The summed E-state index contributed by atoms with van der Waals surface area (Å²) in [5.41, 5.74) is 5.47. The molecule has 0 saturated heterocycles. The van der Waals surface area contributed by atoms with Crippen molar-refractivity contribution in [1.82, 2.24) is 5.16 Å². The van der Waals surface area contributed by atoms with Crippen LogP contribution in [0, 0.1) is 5.41 Å². The van der Waals surface area contributed by atoms with Gasteiger partial charge < -0.3 is 15.6 Å². The smallest absolute Gasteiger partial charge is 0.243 e. The van der Waals surface area contributed by atoms with Crippen LogP contribution >= 0.6 is 0 Å². The molecule has 0 fully saturated rings. The Morgan fingerprint density at radius 3 is 2.71 bits per heavy atom. The lowest BCUT2D eigenvalue weighted by Gasteiger charge is -2.25. The Bertz CT molecular complexity index is 300. The highest BCUT2D eigenvalue weighted by Crippen LogP contribution is 2.18. The topological polar surface area (TPSA) is 81.2 Å². The van der Waals surface area contributed by atoms with E-state index in [0.29, 0.717) is 5.82 Å². The van der Waals surface area contributed by atoms with Crippen molar-refractivity contribution in [2.75, 3.05) is 5.32 Å². The van der Waals surface area contributed by atoms with Gasteiger partial charge in [0.15, 0.2) is 5.82 Å². The lowest BCUT2D eigenvalue weighted by atomic mass is 9.87. The van der Waals surface area contributed by atoms with Crippen molar-refractivity contribution in [2.24, 2.45) is 11.1 Å². The van der Waals surface area contributed by atoms with E-state index in [0.717, 1.165) is 0 Å². The number of anilines is 1. The minimum absolute atomic E-state index is 0.258. The standard InChI is InChI=1S/C9H15N3O2/c1-9(2,3)7(10)8(13)11-6-4-5-14-12-6/h4-5,7H,10H2,1-3H3,(H,11,12,13). The highest BCUT2D eigenvalue weighted by atomic mass is 16.5. The fraction of sp³-hybridized carbons (Fsp3) is 0.556. The molecule has 1 atom stereocenters. The third kappa shape index (κ3) is 2.56. The van der Waals surface area contributed by atoms with Crippen LogP contribution in [0.15, 0.2) is 16.9 Å². The first-order valence-electron chi connectivity index (χ1n) is 4.38. The second-order valence-corrected chi connectivity index (χ2v) is 4.22. The number of amides is 1. The van der Waals surface area contributed by atoms with Crippen LogP contribution in [-0.2, 0) is 4.79 Å². The van der Waals surface area contributed by atoms with E-state index >= 15 is 0 Å². The average molecular weight is 197 g/mol. The molecule has 5 nitrogen and oxygen atoms in total. The quantitative estimate of drug-likeness (QED) is 0.740. The Morgan fingerprint density at radius 2 is 2.29 bits per heavy atom. The summed E-state index contributed by atoms with van der Waals surface area (Å²) < 4.78 is 4.58. The molecule has 1 unspecified atom stereocenters. The molecule has 1 rings (SSSR count). The van der Waals surface area contributed by atoms with Crippen molar-refractivity contribution in [3.8, 4) is 0 Å². The molecule has 0 bridgehead atoms. The van der Waals surface area contributed by atoms with Crippen LogP contribution in [0.5, 0.6) is 0 Å². The minimum atomic E-state index is -0.570. The summed E-state index contributed by atoms with van der Waals surface area (Å²) in [6.45, 7) is 5.71. The number of carbonyl (C=O) groups is 1. The van der Waals surface area contributed by atoms with Crippen LogP contribution in [0.4, 0.5) is 5.82 Å². The van der Waals surface area contributed by atoms with E-state index in [9.17, 15) is 4.79 Å². The average Bonchev–Trinajstić information content (AvgIpc) is 2.53. The molecular formula is C9H15N3O2. The summed E-state index contributed by atoms with van der Waals surface area (Å²) in [6.07, 6.45) is 1.39. The lowest BCUT2D eigenvalue weighted by Crippen LogP contribution is -2.45. The van der Waals surface area contributed by atoms with Crippen LogP contribution < -0.4 is 11.1 Å². The number of rotatable bonds is 2. The third-order valence-corrected chi connectivity index (χ3v) is 1.90. The molecule has 78 valence electrons. The molecule has 1 heterocycles. The molecule has 0 spiro atoms. The van der Waals surface area contributed by atoms with Gasteiger partial charge in [-0.05, 0) is 5.41 Å². The molecule has 1 amide bonds. The normalized spacial score (nSPS) is 13.7. The van der Waals surface area contributed by atoms with Crippen LogP contribution in [0.25, 0.3) is 0 Å². The Hall–Kier alpha value is -1.36. The molecule has 1 aromatic rings. The van der Waals surface area contributed by atoms with Gasteiger partial charge in [0.1, 0.15) is 6.26 Å². The van der Waals surface area contributed by atoms with Crippen molar-refractivity contribution >= 4 is 11.7 Å². The summed E-state index contributed by atoms with van der Waals surface area (Å²) in [5.74, 6) is 0.126. The molecule has 14 heavy (non-hydrogen) atoms. The molecule has 0 aromatic carbocycles. The van der Waals surface area contributed by atoms with Gasteiger partial charge in [-0.2, -0.15) is 0 Å². The summed E-state index contributed by atoms with van der Waals surface area (Å²) in [6, 6.07) is 0.993. The Morgan fingerprint density at radius 1 is 1.64 bits per heavy atom. The molecule has 1 aromatic heterocycles. The number of carbonyl (C=O) groups excluding carboxylic acids is 1. The fourth-order valence-electron chi connectivity index (χ4n) is 0.874. The van der Waals surface area contributed by atoms with E-state index < -0.39 is 6.04 Å². The SMILES string of the molecule is CC(C)(C)C(N)C(=O)Nc1ccon1. The second kappa shape index (κ2) is 3.79. The monoisotopic (exact) mass is 197 g/mol. The number of hydrogen-bond donors (Lipinski definition) is 2. The molecule has 0 radical (unpaired) electrons. The maximum Gasteiger partial charge on any atom is 0.243 e. The van der Waals surface area contributed by atoms with E-state index in [-0.39, 0.29) is 11.3 Å². The fourth-order valence-corrected chi connectivity index (χ4v) is 0.874. The first-order chi connectivity index (χ1) is 6.41. The number of hydrogen-bond acceptors (Lipinski definition) is 4. The van der Waals surface area contributed by atoms with Crippen molar-refractivity contribution < 1.29 is 9.32 Å². The molecule has 0 aliphatic heterocycles. The predicted molar refractivity (Wildman–Crippen MR) is 52.6 cm³/mol. The minimum Gasteiger partial charge on any atom is -0.363 e. The predicted octanol–water partition coefficient (Wildman–Crippen LogP) is 0.987. The van der Waals surface area contributed by atoms with Crippen molar-refractivity contribution in [2.45, 2.75) is 26.8 Å². The first kappa shape index (κ1) is 10.7. The van der Waals surface area contributed by atoms with Crippen molar-refractivity contribution in [3.05, 3.63) is 12.3 Å². The van der Waals surface area contributed by atoms with Gasteiger partial charge in [0, 0.05) is 6.07 Å². The molecule has 0 saturated carbocycles. The first-order valence-corrected chi connectivity index (χ1v) is 4.38. The molecular weight excluding hydrogens is 182 g/mol. The molecule has 0 aliphatic carbocycles. The van der Waals surface area contributed by atoms with E-state index in [1.54, 1.807) is 6.07 Å². The van der Waals surface area contributed by atoms with Gasteiger partial charge in [0.05, 0.1) is 6.04 Å². The third-order valence-electron chi connectivity index (χ3n) is 1.90. The Kier molecular flexibility index (Phi) is 2.90. The molecule has 5 heteroatoms. The van der Waals surface area contributed by atoms with Crippen LogP contribution in [0.2, 0.25) is 0 Å². The Labute approximate surface area is 82.6 Å². The van der Waals surface area contributed by atoms with E-state index in [1.807, 2.05) is 20.8 Å². The zero-order chi connectivity index (χ0) is 10.8. The van der Waals surface area contributed by atoms with Gasteiger partial charge in [-0.3, -0.25) is 4.79 Å². The number of aromatic nitrogens is 1. The Balaban J connectivity index is 2.59. The molecule has 3 N–H and O–H groups in total. The van der Waals surface area contributed by atoms with Crippen molar-refractivity contribution in [3.63, 3.8) is 0 Å². The van der Waals surface area contributed by atoms with Gasteiger partial charge in [0.25, 0.3) is 0 Å². The van der Waals surface area contributed by atoms with E-state index in [1.165, 1.54) is 6.26 Å². The zero-order valence-corrected chi connectivity index (χ0v) is 8.57. The van der Waals surface area contributed by atoms with Gasteiger partial charge in [-0.1, -0.05) is 25.9 Å². The van der Waals surface area contributed by atoms with Gasteiger partial charge in [0.2, 0.25) is 5.91 Å². The highest BCUT2D eigenvalue weighted by molar-refractivity contribution is 5.94. The zero-order valence-electron chi connectivity index (χ0n) is 8.57. The maximum atomic E-state index is 11.5. The largest absolute Gasteiger partial charge is 0.363 e. The van der Waals surface area contributed by atoms with E-state index in [2.05, 4.69) is 15.0 Å². The highest BCUT2D eigenvalue weighted by Gasteiger charge is 2.27. The maximum absolute atomic E-state index is 11.5. The number of nitrogens with two attached hydrogens (primary N) is 1. The van der Waals surface area contributed by atoms with Crippen LogP contribution in [-0.4, -0.2) is 17.1 Å². The van der Waals surface area contributed by atoms with Crippen LogP contribution in [0.1, 0.15) is 20.8 Å². The summed E-state index contributed by atoms with van der Waals surface area (Å²) in [7, 11) is 0. The summed E-state index contributed by atoms with van der Waals surface area (Å²) in [4.78, 5) is 11.5. The van der Waals surface area contributed by atoms with E-state index in [4.69, 9.17) is 5.73 Å². The van der Waals surface area contributed by atoms with Gasteiger partial charge in [-0.25, -0.2) is 0 Å². The number of nitrogens with one attached hydrogen (secondary N) is 1. The summed E-state index contributed by atoms with van der Waals surface area (Å²) >= 11 is 0. The van der Waals surface area contributed by atoms with Gasteiger partial charge >= 0.3 is 0 Å². The summed E-state index contributed by atoms with van der Waals surface area (Å²) in [5, 5.41) is 6.12. The second-order valence-electron chi connectivity index (χ2n) is 4.22.